The van der Waals surface area contributed by atoms with E-state index in [-0.39, 0.29) is 18.0 Å². The van der Waals surface area contributed by atoms with Crippen molar-refractivity contribution in [3.05, 3.63) is 11.5 Å². The summed E-state index contributed by atoms with van der Waals surface area (Å²) in [5.41, 5.74) is 0.0264. The van der Waals surface area contributed by atoms with E-state index in [0.29, 0.717) is 11.5 Å². The number of hydrogen-bond donors (Lipinski definition) is 0. The SMILES string of the molecule is Cc1nc(N2C(=O)N(C)C3(CCCC3)C2=O)oc1C. The lowest BCUT2D eigenvalue weighted by Crippen LogP contribution is -2.45. The third-order valence-electron chi connectivity index (χ3n) is 4.36. The van der Waals surface area contributed by atoms with Gasteiger partial charge >= 0.3 is 12.0 Å². The first-order valence-corrected chi connectivity index (χ1v) is 6.54. The Bertz CT molecular complexity index is 538. The highest BCUT2D eigenvalue weighted by molar-refractivity contribution is 6.22. The summed E-state index contributed by atoms with van der Waals surface area (Å²) in [6.45, 7) is 3.56. The van der Waals surface area contributed by atoms with Crippen LogP contribution in [0.2, 0.25) is 0 Å². The lowest BCUT2D eigenvalue weighted by molar-refractivity contribution is -0.124. The molecule has 1 aromatic rings. The average molecular weight is 263 g/mol. The highest BCUT2D eigenvalue weighted by Gasteiger charge is 2.58. The number of likely N-dealkylation sites (N-methyl/N-ethyl adjacent to an activating group) is 1. The molecule has 2 fully saturated rings. The Morgan fingerprint density at radius 1 is 1.21 bits per heavy atom. The molecule has 3 rings (SSSR count). The molecule has 1 aliphatic carbocycles. The van der Waals surface area contributed by atoms with E-state index in [1.165, 1.54) is 0 Å². The van der Waals surface area contributed by atoms with Gasteiger partial charge in [0, 0.05) is 7.05 Å². The second kappa shape index (κ2) is 3.82. The second-order valence-corrected chi connectivity index (χ2v) is 5.36. The fraction of sp³-hybridized carbons (Fsp3) is 0.615. The van der Waals surface area contributed by atoms with E-state index in [1.807, 2.05) is 0 Å². The van der Waals surface area contributed by atoms with Crippen LogP contribution in [-0.4, -0.2) is 34.4 Å². The van der Waals surface area contributed by atoms with E-state index < -0.39 is 5.54 Å². The van der Waals surface area contributed by atoms with Gasteiger partial charge in [-0.2, -0.15) is 9.88 Å². The van der Waals surface area contributed by atoms with Gasteiger partial charge in [0.2, 0.25) is 0 Å². The van der Waals surface area contributed by atoms with Crippen LogP contribution in [-0.2, 0) is 4.79 Å². The number of rotatable bonds is 1. The quantitative estimate of drug-likeness (QED) is 0.727. The lowest BCUT2D eigenvalue weighted by Gasteiger charge is -2.27. The van der Waals surface area contributed by atoms with Crippen LogP contribution >= 0.6 is 0 Å². The summed E-state index contributed by atoms with van der Waals surface area (Å²) in [6, 6.07) is -0.242. The highest BCUT2D eigenvalue weighted by Crippen LogP contribution is 2.42. The second-order valence-electron chi connectivity index (χ2n) is 5.36. The van der Waals surface area contributed by atoms with Crippen molar-refractivity contribution in [2.75, 3.05) is 11.9 Å². The minimum atomic E-state index is -0.673. The molecule has 0 radical (unpaired) electrons. The molecule has 1 aromatic heterocycles. The third-order valence-corrected chi connectivity index (χ3v) is 4.36. The maximum atomic E-state index is 12.6. The van der Waals surface area contributed by atoms with Crippen LogP contribution in [0.4, 0.5) is 10.8 Å². The summed E-state index contributed by atoms with van der Waals surface area (Å²) in [7, 11) is 1.69. The Hall–Kier alpha value is -1.85. The van der Waals surface area contributed by atoms with Gasteiger partial charge in [0.25, 0.3) is 5.91 Å². The number of carbonyl (C=O) groups is 2. The Morgan fingerprint density at radius 2 is 1.84 bits per heavy atom. The van der Waals surface area contributed by atoms with E-state index in [1.54, 1.807) is 25.8 Å². The van der Waals surface area contributed by atoms with Crippen LogP contribution in [0, 0.1) is 13.8 Å². The van der Waals surface area contributed by atoms with Crippen molar-refractivity contribution in [3.8, 4) is 0 Å². The van der Waals surface area contributed by atoms with Crippen LogP contribution in [0.5, 0.6) is 0 Å². The fourth-order valence-corrected chi connectivity index (χ4v) is 3.00. The number of hydrogen-bond acceptors (Lipinski definition) is 4. The van der Waals surface area contributed by atoms with Crippen molar-refractivity contribution >= 4 is 18.0 Å². The molecule has 0 N–H and O–H groups in total. The highest BCUT2D eigenvalue weighted by atomic mass is 16.4. The number of amides is 3. The normalized spacial score (nSPS) is 22.1. The molecule has 19 heavy (non-hydrogen) atoms. The lowest BCUT2D eigenvalue weighted by atomic mass is 9.96. The molecule has 1 aliphatic heterocycles. The van der Waals surface area contributed by atoms with Gasteiger partial charge in [-0.3, -0.25) is 4.79 Å². The molecule has 102 valence electrons. The van der Waals surface area contributed by atoms with Crippen LogP contribution < -0.4 is 4.90 Å². The zero-order valence-electron chi connectivity index (χ0n) is 11.4. The van der Waals surface area contributed by atoms with Gasteiger partial charge in [-0.25, -0.2) is 4.79 Å². The summed E-state index contributed by atoms with van der Waals surface area (Å²) >= 11 is 0. The van der Waals surface area contributed by atoms with E-state index in [4.69, 9.17) is 4.42 Å². The maximum Gasteiger partial charge on any atom is 0.335 e. The van der Waals surface area contributed by atoms with Gasteiger partial charge in [0.1, 0.15) is 11.3 Å². The summed E-state index contributed by atoms with van der Waals surface area (Å²) in [5.74, 6) is 0.435. The zero-order chi connectivity index (χ0) is 13.8. The van der Waals surface area contributed by atoms with Crippen LogP contribution in [0.3, 0.4) is 0 Å². The van der Waals surface area contributed by atoms with Gasteiger partial charge in [0.15, 0.2) is 0 Å². The zero-order valence-corrected chi connectivity index (χ0v) is 11.4. The van der Waals surface area contributed by atoms with E-state index >= 15 is 0 Å². The number of urea groups is 1. The maximum absolute atomic E-state index is 12.6. The minimum absolute atomic E-state index is 0.0978. The smallest absolute Gasteiger partial charge is 0.335 e. The summed E-state index contributed by atoms with van der Waals surface area (Å²) < 4.78 is 5.44. The molecule has 0 aromatic carbocycles. The first-order valence-electron chi connectivity index (χ1n) is 6.54. The molecule has 1 saturated carbocycles. The Morgan fingerprint density at radius 3 is 2.37 bits per heavy atom. The molecule has 3 amide bonds. The van der Waals surface area contributed by atoms with Gasteiger partial charge in [-0.05, 0) is 26.7 Å². The predicted molar refractivity (Wildman–Crippen MR) is 67.8 cm³/mol. The standard InChI is InChI=1S/C13H17N3O3/c1-8-9(2)19-11(14-8)16-10(17)13(6-4-5-7-13)15(3)12(16)18/h4-7H2,1-3H3. The van der Waals surface area contributed by atoms with E-state index in [0.717, 1.165) is 30.6 Å². The average Bonchev–Trinajstić information content (AvgIpc) is 3.01. The first kappa shape index (κ1) is 12.2. The number of aromatic nitrogens is 1. The molecular formula is C13H17N3O3. The van der Waals surface area contributed by atoms with Crippen LogP contribution in [0.25, 0.3) is 0 Å². The van der Waals surface area contributed by atoms with Crippen LogP contribution in [0.15, 0.2) is 4.42 Å². The topological polar surface area (TPSA) is 66.7 Å². The summed E-state index contributed by atoms with van der Waals surface area (Å²) in [5, 5.41) is 0. The molecule has 6 heteroatoms. The molecule has 2 heterocycles. The van der Waals surface area contributed by atoms with Gasteiger partial charge in [0.05, 0.1) is 5.69 Å². The summed E-state index contributed by atoms with van der Waals surface area (Å²) in [4.78, 5) is 31.8. The Kier molecular flexibility index (Phi) is 2.45. The van der Waals surface area contributed by atoms with Crippen molar-refractivity contribution in [1.29, 1.82) is 0 Å². The molecule has 1 saturated heterocycles. The number of anilines is 1. The molecular weight excluding hydrogens is 246 g/mol. The van der Waals surface area contributed by atoms with Crippen molar-refractivity contribution in [1.82, 2.24) is 9.88 Å². The fourth-order valence-electron chi connectivity index (χ4n) is 3.00. The number of aryl methyl sites for hydroxylation is 2. The van der Waals surface area contributed by atoms with E-state index in [2.05, 4.69) is 4.98 Å². The van der Waals surface area contributed by atoms with Gasteiger partial charge in [-0.1, -0.05) is 12.8 Å². The molecule has 0 unspecified atom stereocenters. The van der Waals surface area contributed by atoms with Gasteiger partial charge < -0.3 is 9.32 Å². The molecule has 2 aliphatic rings. The van der Waals surface area contributed by atoms with Crippen LogP contribution in [0.1, 0.15) is 37.1 Å². The molecule has 6 nitrogen and oxygen atoms in total. The molecule has 1 spiro atoms. The Labute approximate surface area is 111 Å². The molecule has 0 atom stereocenters. The van der Waals surface area contributed by atoms with Crippen molar-refractivity contribution < 1.29 is 14.0 Å². The number of nitrogens with zero attached hydrogens (tertiary/aromatic N) is 3. The first-order chi connectivity index (χ1) is 8.97. The van der Waals surface area contributed by atoms with E-state index in [9.17, 15) is 9.59 Å². The number of imide groups is 1. The summed E-state index contributed by atoms with van der Waals surface area (Å²) in [6.07, 6.45) is 3.40. The largest absolute Gasteiger partial charge is 0.428 e. The molecule has 0 bridgehead atoms. The predicted octanol–water partition coefficient (Wildman–Crippen LogP) is 2.00. The monoisotopic (exact) mass is 263 g/mol. The number of oxazole rings is 1. The van der Waals surface area contributed by atoms with Crippen molar-refractivity contribution in [2.45, 2.75) is 45.1 Å². The third kappa shape index (κ3) is 1.45. The van der Waals surface area contributed by atoms with Crippen molar-refractivity contribution in [2.24, 2.45) is 0 Å². The number of carbonyl (C=O) groups excluding carboxylic acids is 2. The minimum Gasteiger partial charge on any atom is -0.428 e. The van der Waals surface area contributed by atoms with Gasteiger partial charge in [-0.15, -0.1) is 0 Å². The Balaban J connectivity index is 2.03. The van der Waals surface area contributed by atoms with Crippen molar-refractivity contribution in [3.63, 3.8) is 0 Å².